The second-order valence-corrected chi connectivity index (χ2v) is 4.77. The van der Waals surface area contributed by atoms with E-state index in [4.69, 9.17) is 0 Å². The smallest absolute Gasteiger partial charge is 0.243 e. The molecule has 1 heterocycles. The highest BCUT2D eigenvalue weighted by Crippen LogP contribution is 2.21. The molecule has 0 aliphatic heterocycles. The van der Waals surface area contributed by atoms with Crippen LogP contribution in [0.25, 0.3) is 11.1 Å². The lowest BCUT2D eigenvalue weighted by atomic mass is 10.1. The standard InChI is InChI=1S/C17H14N4O2/c22-15-7-6-13(16(23)8-15)11-20-21-17-18-9-14(10-19-17)12-4-2-1-3-5-12/h1-11,22-23H,(H,18,19,21)/b20-11-. The number of benzene rings is 2. The number of rotatable bonds is 4. The molecule has 0 saturated heterocycles. The highest BCUT2D eigenvalue weighted by molar-refractivity contribution is 5.84. The van der Waals surface area contributed by atoms with Crippen molar-refractivity contribution in [2.75, 3.05) is 5.43 Å². The summed E-state index contributed by atoms with van der Waals surface area (Å²) in [5.41, 5.74) is 5.11. The highest BCUT2D eigenvalue weighted by atomic mass is 16.3. The monoisotopic (exact) mass is 306 g/mol. The zero-order valence-corrected chi connectivity index (χ0v) is 12.1. The summed E-state index contributed by atoms with van der Waals surface area (Å²) in [6, 6.07) is 14.1. The van der Waals surface area contributed by atoms with E-state index in [1.165, 1.54) is 18.3 Å². The van der Waals surface area contributed by atoms with E-state index >= 15 is 0 Å². The van der Waals surface area contributed by atoms with E-state index in [0.717, 1.165) is 11.1 Å². The van der Waals surface area contributed by atoms with Crippen molar-refractivity contribution in [3.63, 3.8) is 0 Å². The molecule has 0 saturated carbocycles. The molecule has 0 bridgehead atoms. The number of aromatic nitrogens is 2. The highest BCUT2D eigenvalue weighted by Gasteiger charge is 2.00. The second kappa shape index (κ2) is 6.57. The number of hydrogen-bond donors (Lipinski definition) is 3. The van der Waals surface area contributed by atoms with Crippen molar-refractivity contribution in [3.8, 4) is 22.6 Å². The largest absolute Gasteiger partial charge is 0.508 e. The Kier molecular flexibility index (Phi) is 4.15. The lowest BCUT2D eigenvalue weighted by Crippen LogP contribution is -1.96. The van der Waals surface area contributed by atoms with Crippen LogP contribution < -0.4 is 5.43 Å². The molecule has 0 radical (unpaired) electrons. The molecule has 3 N–H and O–H groups in total. The van der Waals surface area contributed by atoms with Gasteiger partial charge in [-0.1, -0.05) is 30.3 Å². The van der Waals surface area contributed by atoms with Gasteiger partial charge in [0.1, 0.15) is 11.5 Å². The molecule has 0 aliphatic rings. The summed E-state index contributed by atoms with van der Waals surface area (Å²) in [7, 11) is 0. The molecular formula is C17H14N4O2. The minimum absolute atomic E-state index is 0.00700. The van der Waals surface area contributed by atoms with Crippen molar-refractivity contribution in [1.29, 1.82) is 0 Å². The molecule has 1 aromatic heterocycles. The molecule has 2 aromatic carbocycles. The van der Waals surface area contributed by atoms with Crippen molar-refractivity contribution >= 4 is 12.2 Å². The molecule has 0 unspecified atom stereocenters. The summed E-state index contributed by atoms with van der Waals surface area (Å²) in [5.74, 6) is 0.280. The maximum absolute atomic E-state index is 9.64. The third-order valence-electron chi connectivity index (χ3n) is 3.14. The number of phenols is 2. The topological polar surface area (TPSA) is 90.6 Å². The van der Waals surface area contributed by atoms with Crippen LogP contribution in [0.4, 0.5) is 5.95 Å². The van der Waals surface area contributed by atoms with Gasteiger partial charge in [0.05, 0.1) is 6.21 Å². The lowest BCUT2D eigenvalue weighted by molar-refractivity contribution is 0.450. The molecule has 0 aliphatic carbocycles. The van der Waals surface area contributed by atoms with Crippen LogP contribution in [0, 0.1) is 0 Å². The van der Waals surface area contributed by atoms with E-state index in [9.17, 15) is 10.2 Å². The number of hydrogen-bond acceptors (Lipinski definition) is 6. The zero-order valence-electron chi connectivity index (χ0n) is 12.1. The van der Waals surface area contributed by atoms with Gasteiger partial charge in [-0.2, -0.15) is 5.10 Å². The Morgan fingerprint density at radius 1 is 0.913 bits per heavy atom. The minimum Gasteiger partial charge on any atom is -0.508 e. The van der Waals surface area contributed by atoms with Gasteiger partial charge >= 0.3 is 0 Å². The third kappa shape index (κ3) is 3.62. The van der Waals surface area contributed by atoms with Crippen LogP contribution >= 0.6 is 0 Å². The van der Waals surface area contributed by atoms with Gasteiger partial charge in [0.2, 0.25) is 5.95 Å². The van der Waals surface area contributed by atoms with Crippen LogP contribution in [-0.4, -0.2) is 26.4 Å². The fourth-order valence-electron chi connectivity index (χ4n) is 1.97. The average molecular weight is 306 g/mol. The average Bonchev–Trinajstić information content (AvgIpc) is 2.58. The van der Waals surface area contributed by atoms with Crippen molar-refractivity contribution in [2.45, 2.75) is 0 Å². The van der Waals surface area contributed by atoms with Crippen LogP contribution in [-0.2, 0) is 0 Å². The van der Waals surface area contributed by atoms with Crippen LogP contribution in [0.15, 0.2) is 66.0 Å². The zero-order chi connectivity index (χ0) is 16.1. The first-order valence-corrected chi connectivity index (χ1v) is 6.91. The summed E-state index contributed by atoms with van der Waals surface area (Å²) in [4.78, 5) is 8.37. The van der Waals surface area contributed by atoms with Gasteiger partial charge < -0.3 is 10.2 Å². The predicted molar refractivity (Wildman–Crippen MR) is 88.5 cm³/mol. The van der Waals surface area contributed by atoms with Crippen molar-refractivity contribution in [3.05, 3.63) is 66.5 Å². The number of anilines is 1. The molecular weight excluding hydrogens is 292 g/mol. The van der Waals surface area contributed by atoms with E-state index in [1.807, 2.05) is 30.3 Å². The molecule has 6 nitrogen and oxygen atoms in total. The van der Waals surface area contributed by atoms with Crippen molar-refractivity contribution < 1.29 is 10.2 Å². The number of nitrogens with one attached hydrogen (secondary N) is 1. The van der Waals surface area contributed by atoms with E-state index < -0.39 is 0 Å². The van der Waals surface area contributed by atoms with Crippen molar-refractivity contribution in [2.24, 2.45) is 5.10 Å². The summed E-state index contributed by atoms with van der Waals surface area (Å²) in [6.45, 7) is 0. The fraction of sp³-hybridized carbons (Fsp3) is 0. The first kappa shape index (κ1) is 14.5. The Labute approximate surface area is 132 Å². The number of nitrogens with zero attached hydrogens (tertiary/aromatic N) is 3. The minimum atomic E-state index is -0.0594. The first-order valence-electron chi connectivity index (χ1n) is 6.91. The maximum atomic E-state index is 9.64. The van der Waals surface area contributed by atoms with Crippen LogP contribution in [0.5, 0.6) is 11.5 Å². The number of phenolic OH excluding ortho intramolecular Hbond substituents is 2. The summed E-state index contributed by atoms with van der Waals surface area (Å²) < 4.78 is 0. The third-order valence-corrected chi connectivity index (χ3v) is 3.14. The quantitative estimate of drug-likeness (QED) is 0.509. The van der Waals surface area contributed by atoms with Crippen LogP contribution in [0.3, 0.4) is 0 Å². The van der Waals surface area contributed by atoms with Gasteiger partial charge in [0.25, 0.3) is 0 Å². The number of aromatic hydroxyl groups is 2. The van der Waals surface area contributed by atoms with Gasteiger partial charge in [-0.15, -0.1) is 0 Å². The molecule has 3 rings (SSSR count). The predicted octanol–water partition coefficient (Wildman–Crippen LogP) is 3.00. The Hall–Kier alpha value is -3.41. The van der Waals surface area contributed by atoms with E-state index in [-0.39, 0.29) is 11.5 Å². The van der Waals surface area contributed by atoms with Crippen molar-refractivity contribution in [1.82, 2.24) is 9.97 Å². The Morgan fingerprint density at radius 2 is 1.65 bits per heavy atom. The fourth-order valence-corrected chi connectivity index (χ4v) is 1.97. The maximum Gasteiger partial charge on any atom is 0.243 e. The van der Waals surface area contributed by atoms with Gasteiger partial charge in [0.15, 0.2) is 0 Å². The Morgan fingerprint density at radius 3 is 2.35 bits per heavy atom. The second-order valence-electron chi connectivity index (χ2n) is 4.77. The van der Waals surface area contributed by atoms with E-state index in [0.29, 0.717) is 11.5 Å². The molecule has 23 heavy (non-hydrogen) atoms. The molecule has 0 spiro atoms. The summed E-state index contributed by atoms with van der Waals surface area (Å²) >= 11 is 0. The Bertz CT molecular complexity index is 818. The van der Waals surface area contributed by atoms with Crippen LogP contribution in [0.2, 0.25) is 0 Å². The van der Waals surface area contributed by atoms with E-state index in [1.54, 1.807) is 18.5 Å². The number of hydrazone groups is 1. The van der Waals surface area contributed by atoms with Crippen LogP contribution in [0.1, 0.15) is 5.56 Å². The molecule has 0 amide bonds. The SMILES string of the molecule is Oc1ccc(/C=N\Nc2ncc(-c3ccccc3)cn2)c(O)c1. The molecule has 3 aromatic rings. The van der Waals surface area contributed by atoms with Gasteiger partial charge in [0, 0.05) is 29.6 Å². The Balaban J connectivity index is 1.68. The summed E-state index contributed by atoms with van der Waals surface area (Å²) in [5, 5.41) is 22.8. The van der Waals surface area contributed by atoms with Gasteiger partial charge in [-0.05, 0) is 17.7 Å². The normalized spacial score (nSPS) is 10.8. The lowest BCUT2D eigenvalue weighted by Gasteiger charge is -2.02. The van der Waals surface area contributed by atoms with Gasteiger partial charge in [-0.25, -0.2) is 15.4 Å². The van der Waals surface area contributed by atoms with E-state index in [2.05, 4.69) is 20.5 Å². The van der Waals surface area contributed by atoms with Gasteiger partial charge in [-0.3, -0.25) is 0 Å². The summed E-state index contributed by atoms with van der Waals surface area (Å²) in [6.07, 6.45) is 4.83. The molecule has 0 atom stereocenters. The molecule has 114 valence electrons. The molecule has 6 heteroatoms. The first-order chi connectivity index (χ1) is 11.2. The molecule has 0 fully saturated rings.